The number of likely N-dealkylation sites (N-methyl/N-ethyl adjacent to an activating group) is 1. The predicted octanol–water partition coefficient (Wildman–Crippen LogP) is 1.48. The van der Waals surface area contributed by atoms with Gasteiger partial charge in [-0.2, -0.15) is 5.10 Å². The third-order valence-corrected chi connectivity index (χ3v) is 3.81. The zero-order valence-corrected chi connectivity index (χ0v) is 12.5. The second kappa shape index (κ2) is 5.79. The van der Waals surface area contributed by atoms with E-state index in [0.717, 1.165) is 12.2 Å². The van der Waals surface area contributed by atoms with Crippen molar-refractivity contribution in [1.29, 1.82) is 0 Å². The lowest BCUT2D eigenvalue weighted by Crippen LogP contribution is -2.39. The largest absolute Gasteiger partial charge is 0.383 e. The van der Waals surface area contributed by atoms with Gasteiger partial charge in [-0.05, 0) is 21.0 Å². The first-order valence-electron chi connectivity index (χ1n) is 6.63. The van der Waals surface area contributed by atoms with Gasteiger partial charge in [-0.3, -0.25) is 4.68 Å². The molecule has 1 N–H and O–H groups in total. The summed E-state index contributed by atoms with van der Waals surface area (Å²) in [5, 5.41) is 15.7. The summed E-state index contributed by atoms with van der Waals surface area (Å²) in [6.07, 6.45) is 2.77. The van der Waals surface area contributed by atoms with E-state index in [2.05, 4.69) is 10.00 Å². The summed E-state index contributed by atoms with van der Waals surface area (Å²) in [6.45, 7) is 4.09. The van der Waals surface area contributed by atoms with E-state index in [4.69, 9.17) is 16.3 Å². The van der Waals surface area contributed by atoms with Crippen molar-refractivity contribution < 1.29 is 9.84 Å². The molecule has 2 heterocycles. The second-order valence-electron chi connectivity index (χ2n) is 5.53. The van der Waals surface area contributed by atoms with Crippen LogP contribution in [-0.4, -0.2) is 53.1 Å². The summed E-state index contributed by atoms with van der Waals surface area (Å²) < 4.78 is 7.33. The molecule has 0 aliphatic carbocycles. The molecule has 0 bridgehead atoms. The maximum atomic E-state index is 10.9. The Bertz CT molecular complexity index is 436. The molecule has 1 aromatic rings. The molecule has 1 aromatic heterocycles. The van der Waals surface area contributed by atoms with Crippen LogP contribution in [0.15, 0.2) is 6.20 Å². The minimum absolute atomic E-state index is 0.0343. The number of aromatic nitrogens is 2. The Balaban J connectivity index is 2.24. The van der Waals surface area contributed by atoms with E-state index in [1.807, 2.05) is 25.7 Å². The molecule has 19 heavy (non-hydrogen) atoms. The lowest BCUT2D eigenvalue weighted by atomic mass is 9.87. The first kappa shape index (κ1) is 14.8. The number of rotatable bonds is 4. The first-order chi connectivity index (χ1) is 8.92. The average Bonchev–Trinajstić information content (AvgIpc) is 2.68. The predicted molar refractivity (Wildman–Crippen MR) is 74.3 cm³/mol. The fraction of sp³-hybridized carbons (Fsp3) is 0.769. The van der Waals surface area contributed by atoms with Crippen LogP contribution >= 0.6 is 11.6 Å². The van der Waals surface area contributed by atoms with E-state index >= 15 is 0 Å². The average molecular weight is 288 g/mol. The quantitative estimate of drug-likeness (QED) is 0.911. The lowest BCUT2D eigenvalue weighted by molar-refractivity contribution is -0.105. The molecule has 2 rings (SSSR count). The van der Waals surface area contributed by atoms with E-state index < -0.39 is 5.60 Å². The van der Waals surface area contributed by atoms with E-state index in [1.54, 1.807) is 6.20 Å². The van der Waals surface area contributed by atoms with Crippen LogP contribution in [-0.2, 0) is 16.9 Å². The van der Waals surface area contributed by atoms with Crippen LogP contribution in [0.25, 0.3) is 0 Å². The van der Waals surface area contributed by atoms with Crippen LogP contribution < -0.4 is 0 Å². The molecule has 108 valence electrons. The zero-order chi connectivity index (χ0) is 14.0. The molecule has 0 aromatic carbocycles. The van der Waals surface area contributed by atoms with Gasteiger partial charge in [0.2, 0.25) is 0 Å². The number of ether oxygens (including phenoxy) is 1. The van der Waals surface area contributed by atoms with Crippen molar-refractivity contribution in [2.24, 2.45) is 0 Å². The maximum Gasteiger partial charge on any atom is 0.112 e. The summed E-state index contributed by atoms with van der Waals surface area (Å²) in [7, 11) is 4.02. The van der Waals surface area contributed by atoms with Gasteiger partial charge in [0, 0.05) is 19.4 Å². The van der Waals surface area contributed by atoms with Gasteiger partial charge >= 0.3 is 0 Å². The van der Waals surface area contributed by atoms with Crippen molar-refractivity contribution in [3.8, 4) is 0 Å². The second-order valence-corrected chi connectivity index (χ2v) is 5.94. The molecule has 2 unspecified atom stereocenters. The Morgan fingerprint density at radius 2 is 2.37 bits per heavy atom. The van der Waals surface area contributed by atoms with Crippen molar-refractivity contribution in [3.05, 3.63) is 16.9 Å². The Morgan fingerprint density at radius 3 is 3.00 bits per heavy atom. The molecule has 0 spiro atoms. The van der Waals surface area contributed by atoms with Crippen molar-refractivity contribution in [2.75, 3.05) is 27.2 Å². The molecule has 1 fully saturated rings. The van der Waals surface area contributed by atoms with Crippen LogP contribution in [0, 0.1) is 0 Å². The van der Waals surface area contributed by atoms with Crippen molar-refractivity contribution in [3.63, 3.8) is 0 Å². The molecule has 1 aliphatic heterocycles. The molecule has 0 amide bonds. The number of aliphatic hydroxyl groups is 1. The van der Waals surface area contributed by atoms with Gasteiger partial charge in [0.25, 0.3) is 0 Å². The highest BCUT2D eigenvalue weighted by molar-refractivity contribution is 6.31. The normalized spacial score (nSPS) is 28.0. The van der Waals surface area contributed by atoms with Crippen LogP contribution in [0.1, 0.15) is 25.5 Å². The lowest BCUT2D eigenvalue weighted by Gasteiger charge is -2.36. The van der Waals surface area contributed by atoms with Crippen LogP contribution in [0.2, 0.25) is 5.02 Å². The SMILES string of the molecule is CC1CC(O)(c2c(Cl)cnn2CCN(C)C)CCO1. The van der Waals surface area contributed by atoms with Gasteiger partial charge in [0.05, 0.1) is 36.2 Å². The number of halogens is 1. The topological polar surface area (TPSA) is 50.5 Å². The smallest absolute Gasteiger partial charge is 0.112 e. The van der Waals surface area contributed by atoms with Gasteiger partial charge in [-0.25, -0.2) is 0 Å². The van der Waals surface area contributed by atoms with Crippen molar-refractivity contribution >= 4 is 11.6 Å². The molecule has 1 aliphatic rings. The fourth-order valence-corrected chi connectivity index (χ4v) is 2.89. The van der Waals surface area contributed by atoms with E-state index in [0.29, 0.717) is 31.0 Å². The van der Waals surface area contributed by atoms with Gasteiger partial charge in [0.15, 0.2) is 0 Å². The Hall–Kier alpha value is -0.620. The van der Waals surface area contributed by atoms with E-state index in [-0.39, 0.29) is 6.10 Å². The van der Waals surface area contributed by atoms with E-state index in [9.17, 15) is 5.11 Å². The summed E-state index contributed by atoms with van der Waals surface area (Å²) in [5.74, 6) is 0. The van der Waals surface area contributed by atoms with Gasteiger partial charge < -0.3 is 14.7 Å². The molecule has 5 nitrogen and oxygen atoms in total. The Morgan fingerprint density at radius 1 is 1.63 bits per heavy atom. The molecule has 0 saturated carbocycles. The van der Waals surface area contributed by atoms with Gasteiger partial charge in [-0.1, -0.05) is 11.6 Å². The Labute approximate surface area is 119 Å². The maximum absolute atomic E-state index is 10.9. The first-order valence-corrected chi connectivity index (χ1v) is 7.00. The fourth-order valence-electron chi connectivity index (χ4n) is 2.57. The standard InChI is InChI=1S/C13H22ClN3O2/c1-10-8-13(18,4-7-19-10)12-11(14)9-15-17(12)6-5-16(2)3/h9-10,18H,4-8H2,1-3H3. The van der Waals surface area contributed by atoms with Crippen LogP contribution in [0.5, 0.6) is 0 Å². The number of nitrogens with zero attached hydrogens (tertiary/aromatic N) is 3. The monoisotopic (exact) mass is 287 g/mol. The van der Waals surface area contributed by atoms with Crippen LogP contribution in [0.3, 0.4) is 0 Å². The minimum atomic E-state index is -0.933. The molecule has 1 saturated heterocycles. The number of hydrogen-bond donors (Lipinski definition) is 1. The highest BCUT2D eigenvalue weighted by atomic mass is 35.5. The van der Waals surface area contributed by atoms with Crippen molar-refractivity contribution in [2.45, 2.75) is 38.0 Å². The molecular weight excluding hydrogens is 266 g/mol. The van der Waals surface area contributed by atoms with Gasteiger partial charge in [-0.15, -0.1) is 0 Å². The summed E-state index contributed by atoms with van der Waals surface area (Å²) >= 11 is 6.23. The third-order valence-electron chi connectivity index (χ3n) is 3.54. The molecule has 2 atom stereocenters. The zero-order valence-electron chi connectivity index (χ0n) is 11.8. The summed E-state index contributed by atoms with van der Waals surface area (Å²) in [4.78, 5) is 2.08. The Kier molecular flexibility index (Phi) is 4.50. The van der Waals surface area contributed by atoms with Crippen LogP contribution in [0.4, 0.5) is 0 Å². The molecule has 6 heteroatoms. The highest BCUT2D eigenvalue weighted by Gasteiger charge is 2.39. The van der Waals surface area contributed by atoms with E-state index in [1.165, 1.54) is 0 Å². The third kappa shape index (κ3) is 3.28. The van der Waals surface area contributed by atoms with Crippen molar-refractivity contribution in [1.82, 2.24) is 14.7 Å². The molecule has 0 radical (unpaired) electrons. The van der Waals surface area contributed by atoms with Gasteiger partial charge in [0.1, 0.15) is 5.60 Å². The summed E-state index contributed by atoms with van der Waals surface area (Å²) in [5.41, 5.74) is -0.205. The number of hydrogen-bond acceptors (Lipinski definition) is 4. The summed E-state index contributed by atoms with van der Waals surface area (Å²) in [6, 6.07) is 0. The highest BCUT2D eigenvalue weighted by Crippen LogP contribution is 2.38. The molecular formula is C13H22ClN3O2. The minimum Gasteiger partial charge on any atom is -0.383 e.